The van der Waals surface area contributed by atoms with Gasteiger partial charge in [-0.25, -0.2) is 4.98 Å². The number of nitrogens with two attached hydrogens (primary N) is 1. The Morgan fingerprint density at radius 3 is 2.65 bits per heavy atom. The molecule has 17 heavy (non-hydrogen) atoms. The lowest BCUT2D eigenvalue weighted by Crippen LogP contribution is -2.41. The van der Waals surface area contributed by atoms with Crippen molar-refractivity contribution < 1.29 is 4.74 Å². The maximum Gasteiger partial charge on any atom is 0.128 e. The first-order valence-corrected chi connectivity index (χ1v) is 5.93. The molecule has 0 aromatic carbocycles. The van der Waals surface area contributed by atoms with Gasteiger partial charge in [0, 0.05) is 18.9 Å². The van der Waals surface area contributed by atoms with Crippen molar-refractivity contribution >= 4 is 5.82 Å². The van der Waals surface area contributed by atoms with E-state index in [-0.39, 0.29) is 11.6 Å². The summed E-state index contributed by atoms with van der Waals surface area (Å²) >= 11 is 0. The maximum atomic E-state index is 6.00. The predicted octanol–water partition coefficient (Wildman–Crippen LogP) is 2.05. The lowest BCUT2D eigenvalue weighted by Gasteiger charge is -2.35. The van der Waals surface area contributed by atoms with Gasteiger partial charge in [0.1, 0.15) is 5.82 Å². The van der Waals surface area contributed by atoms with Crippen molar-refractivity contribution in [3.05, 3.63) is 23.4 Å². The smallest absolute Gasteiger partial charge is 0.128 e. The van der Waals surface area contributed by atoms with Gasteiger partial charge in [0.05, 0.1) is 11.6 Å². The number of anilines is 1. The third kappa shape index (κ3) is 2.96. The number of nitrogens with one attached hydrogen (secondary N) is 1. The van der Waals surface area contributed by atoms with E-state index < -0.39 is 0 Å². The van der Waals surface area contributed by atoms with E-state index in [4.69, 9.17) is 10.5 Å². The second-order valence-electron chi connectivity index (χ2n) is 4.73. The number of methoxy groups -OCH3 is 1. The van der Waals surface area contributed by atoms with Crippen molar-refractivity contribution in [2.75, 3.05) is 19.4 Å². The Morgan fingerprint density at radius 1 is 1.53 bits per heavy atom. The number of rotatable bonds is 5. The Kier molecular flexibility index (Phi) is 4.48. The van der Waals surface area contributed by atoms with Crippen LogP contribution in [0.15, 0.2) is 12.3 Å². The van der Waals surface area contributed by atoms with E-state index in [0.717, 1.165) is 17.7 Å². The molecule has 1 rings (SSSR count). The summed E-state index contributed by atoms with van der Waals surface area (Å²) in [6.07, 6.45) is 1.73. The molecule has 0 saturated heterocycles. The number of aromatic nitrogens is 1. The molecule has 0 amide bonds. The zero-order valence-corrected chi connectivity index (χ0v) is 11.4. The van der Waals surface area contributed by atoms with Crippen LogP contribution >= 0.6 is 0 Å². The maximum absolute atomic E-state index is 6.00. The first-order valence-electron chi connectivity index (χ1n) is 5.93. The van der Waals surface area contributed by atoms with Gasteiger partial charge in [-0.15, -0.1) is 0 Å². The third-order valence-corrected chi connectivity index (χ3v) is 3.16. The van der Waals surface area contributed by atoms with Gasteiger partial charge in [-0.1, -0.05) is 6.92 Å². The number of ether oxygens (including phenoxy) is 1. The van der Waals surface area contributed by atoms with E-state index in [1.54, 1.807) is 13.3 Å². The summed E-state index contributed by atoms with van der Waals surface area (Å²) in [5.41, 5.74) is 7.82. The van der Waals surface area contributed by atoms with Gasteiger partial charge in [0.2, 0.25) is 0 Å². The van der Waals surface area contributed by atoms with Crippen LogP contribution in [0.4, 0.5) is 5.82 Å². The average molecular weight is 237 g/mol. The molecule has 0 aliphatic heterocycles. The topological polar surface area (TPSA) is 60.2 Å². The Bertz CT molecular complexity index is 357. The summed E-state index contributed by atoms with van der Waals surface area (Å²) in [7, 11) is 1.71. The van der Waals surface area contributed by atoms with Gasteiger partial charge in [-0.3, -0.25) is 0 Å². The number of hydrogen-bond acceptors (Lipinski definition) is 4. The van der Waals surface area contributed by atoms with Gasteiger partial charge in [-0.2, -0.15) is 0 Å². The largest absolute Gasteiger partial charge is 0.383 e. The second kappa shape index (κ2) is 5.47. The lowest BCUT2D eigenvalue weighted by molar-refractivity contribution is -0.0107. The molecule has 0 spiro atoms. The molecule has 1 atom stereocenters. The first kappa shape index (κ1) is 13.9. The summed E-state index contributed by atoms with van der Waals surface area (Å²) < 4.78 is 5.57. The number of nitrogens with zero attached hydrogens (tertiary/aromatic N) is 1. The fourth-order valence-corrected chi connectivity index (χ4v) is 1.98. The SMILES string of the molecule is CCNC(c1c(C)ccnc1N)C(C)(C)OC. The highest BCUT2D eigenvalue weighted by Crippen LogP contribution is 2.32. The van der Waals surface area contributed by atoms with Crippen molar-refractivity contribution in [3.63, 3.8) is 0 Å². The molecule has 0 saturated carbocycles. The molecule has 96 valence electrons. The molecule has 0 fully saturated rings. The van der Waals surface area contributed by atoms with Crippen LogP contribution in [0.1, 0.15) is 37.9 Å². The van der Waals surface area contributed by atoms with Crippen molar-refractivity contribution in [1.29, 1.82) is 0 Å². The average Bonchev–Trinajstić information content (AvgIpc) is 2.27. The number of aryl methyl sites for hydroxylation is 1. The molecule has 0 radical (unpaired) electrons. The molecule has 1 unspecified atom stereocenters. The summed E-state index contributed by atoms with van der Waals surface area (Å²) in [4.78, 5) is 4.17. The van der Waals surface area contributed by atoms with Crippen LogP contribution in [-0.2, 0) is 4.74 Å². The summed E-state index contributed by atoms with van der Waals surface area (Å²) in [6.45, 7) is 9.06. The van der Waals surface area contributed by atoms with Crippen molar-refractivity contribution in [2.24, 2.45) is 0 Å². The Hall–Kier alpha value is -1.13. The van der Waals surface area contributed by atoms with Crippen molar-refractivity contribution in [3.8, 4) is 0 Å². The van der Waals surface area contributed by atoms with Gasteiger partial charge in [0.25, 0.3) is 0 Å². The van der Waals surface area contributed by atoms with Crippen LogP contribution in [-0.4, -0.2) is 24.2 Å². The molecular formula is C13H23N3O. The summed E-state index contributed by atoms with van der Waals surface area (Å²) in [5, 5.41) is 3.43. The second-order valence-corrected chi connectivity index (χ2v) is 4.73. The minimum atomic E-state index is -0.335. The minimum absolute atomic E-state index is 0.0335. The lowest BCUT2D eigenvalue weighted by atomic mass is 9.89. The molecule has 1 aromatic heterocycles. The number of pyridine rings is 1. The summed E-state index contributed by atoms with van der Waals surface area (Å²) in [5.74, 6) is 0.570. The molecular weight excluding hydrogens is 214 g/mol. The van der Waals surface area contributed by atoms with Crippen LogP contribution in [0.5, 0.6) is 0 Å². The van der Waals surface area contributed by atoms with Gasteiger partial charge >= 0.3 is 0 Å². The molecule has 1 aromatic rings. The van der Waals surface area contributed by atoms with Gasteiger partial charge in [0.15, 0.2) is 0 Å². The fraction of sp³-hybridized carbons (Fsp3) is 0.615. The Morgan fingerprint density at radius 2 is 2.18 bits per heavy atom. The number of hydrogen-bond donors (Lipinski definition) is 2. The third-order valence-electron chi connectivity index (χ3n) is 3.16. The van der Waals surface area contributed by atoms with Crippen LogP contribution in [0.2, 0.25) is 0 Å². The monoisotopic (exact) mass is 237 g/mol. The first-order chi connectivity index (χ1) is 7.94. The van der Waals surface area contributed by atoms with E-state index in [2.05, 4.69) is 17.2 Å². The van der Waals surface area contributed by atoms with E-state index in [0.29, 0.717) is 5.82 Å². The van der Waals surface area contributed by atoms with Crippen LogP contribution < -0.4 is 11.1 Å². The number of likely N-dealkylation sites (N-methyl/N-ethyl adjacent to an activating group) is 1. The van der Waals surface area contributed by atoms with E-state index in [1.807, 2.05) is 26.8 Å². The van der Waals surface area contributed by atoms with Crippen molar-refractivity contribution in [1.82, 2.24) is 10.3 Å². The fourth-order valence-electron chi connectivity index (χ4n) is 1.98. The highest BCUT2D eigenvalue weighted by atomic mass is 16.5. The quantitative estimate of drug-likeness (QED) is 0.823. The van der Waals surface area contributed by atoms with E-state index >= 15 is 0 Å². The zero-order chi connectivity index (χ0) is 13.1. The molecule has 4 heteroatoms. The van der Waals surface area contributed by atoms with E-state index in [9.17, 15) is 0 Å². The predicted molar refractivity (Wildman–Crippen MR) is 70.9 cm³/mol. The van der Waals surface area contributed by atoms with Crippen LogP contribution in [0.25, 0.3) is 0 Å². The van der Waals surface area contributed by atoms with Crippen LogP contribution in [0.3, 0.4) is 0 Å². The Labute approximate surface area is 104 Å². The zero-order valence-electron chi connectivity index (χ0n) is 11.4. The molecule has 0 aliphatic rings. The van der Waals surface area contributed by atoms with Gasteiger partial charge in [-0.05, 0) is 38.9 Å². The molecule has 3 N–H and O–H groups in total. The highest BCUT2D eigenvalue weighted by Gasteiger charge is 2.32. The van der Waals surface area contributed by atoms with Crippen LogP contribution in [0, 0.1) is 6.92 Å². The minimum Gasteiger partial charge on any atom is -0.383 e. The molecule has 0 bridgehead atoms. The highest BCUT2D eigenvalue weighted by molar-refractivity contribution is 5.47. The van der Waals surface area contributed by atoms with E-state index in [1.165, 1.54) is 0 Å². The van der Waals surface area contributed by atoms with Crippen molar-refractivity contribution in [2.45, 2.75) is 39.3 Å². The summed E-state index contributed by atoms with van der Waals surface area (Å²) in [6, 6.07) is 2.01. The Balaban J connectivity index is 3.23. The molecule has 1 heterocycles. The van der Waals surface area contributed by atoms with Gasteiger partial charge < -0.3 is 15.8 Å². The standard InChI is InChI=1S/C13H23N3O/c1-6-15-11(13(3,4)17-5)10-9(2)7-8-16-12(10)14/h7-8,11,15H,6H2,1-5H3,(H2,14,16). The molecule has 0 aliphatic carbocycles. The molecule has 4 nitrogen and oxygen atoms in total. The number of nitrogen functional groups attached to an aromatic ring is 1. The normalized spacial score (nSPS) is 13.7.